The number of furan rings is 1. The van der Waals surface area contributed by atoms with Crippen LogP contribution in [0.2, 0.25) is 0 Å². The molecule has 0 bridgehead atoms. The number of nitriles is 1. The lowest BCUT2D eigenvalue weighted by molar-refractivity contribution is -0.118. The Morgan fingerprint density at radius 2 is 2.05 bits per heavy atom. The molecule has 2 aliphatic rings. The van der Waals surface area contributed by atoms with Crippen molar-refractivity contribution in [1.29, 1.82) is 5.26 Å². The van der Waals surface area contributed by atoms with E-state index in [1.165, 1.54) is 0 Å². The molecular weight excluding hydrogens is 276 g/mol. The van der Waals surface area contributed by atoms with Gasteiger partial charge < -0.3 is 9.73 Å². The number of nitrogens with zero attached hydrogens (tertiary/aromatic N) is 1. The van der Waals surface area contributed by atoms with E-state index in [4.69, 9.17) is 4.42 Å². The van der Waals surface area contributed by atoms with Gasteiger partial charge >= 0.3 is 0 Å². The van der Waals surface area contributed by atoms with Crippen LogP contribution in [0.25, 0.3) is 0 Å². The fraction of sp³-hybridized carbons (Fsp3) is 0.444. The van der Waals surface area contributed by atoms with Gasteiger partial charge in [-0.1, -0.05) is 13.8 Å². The first-order valence-electron chi connectivity index (χ1n) is 7.53. The smallest absolute Gasteiger partial charge is 0.162 e. The molecule has 0 radical (unpaired) electrons. The van der Waals surface area contributed by atoms with Gasteiger partial charge in [-0.3, -0.25) is 4.79 Å². The molecule has 1 N–H and O–H groups in total. The second kappa shape index (κ2) is 4.88. The monoisotopic (exact) mass is 296 g/mol. The van der Waals surface area contributed by atoms with Crippen molar-refractivity contribution in [2.24, 2.45) is 5.41 Å². The van der Waals surface area contributed by atoms with Gasteiger partial charge in [-0.05, 0) is 37.8 Å². The average Bonchev–Trinajstić information content (AvgIpc) is 2.82. The standard InChI is InChI=1S/C18H20N2O2/c1-10-5-6-15(22-10)16-12(9-19)11(2)20-13-7-18(3,4)8-14(21)17(13)16/h5-6,16,20H,7-8H2,1-4H3/t16-/m1/s1. The van der Waals surface area contributed by atoms with Crippen molar-refractivity contribution < 1.29 is 9.21 Å². The molecule has 3 rings (SSSR count). The van der Waals surface area contributed by atoms with Crippen LogP contribution in [0.15, 0.2) is 39.1 Å². The summed E-state index contributed by atoms with van der Waals surface area (Å²) in [6.45, 7) is 7.95. The molecule has 22 heavy (non-hydrogen) atoms. The summed E-state index contributed by atoms with van der Waals surface area (Å²) in [7, 11) is 0. The predicted octanol–water partition coefficient (Wildman–Crippen LogP) is 3.72. The molecule has 4 heteroatoms. The van der Waals surface area contributed by atoms with E-state index in [0.29, 0.717) is 23.3 Å². The van der Waals surface area contributed by atoms with E-state index in [1.54, 1.807) is 0 Å². The molecule has 4 nitrogen and oxygen atoms in total. The van der Waals surface area contributed by atoms with Crippen LogP contribution in [0, 0.1) is 23.7 Å². The molecule has 0 spiro atoms. The van der Waals surface area contributed by atoms with Gasteiger partial charge in [0.1, 0.15) is 11.5 Å². The summed E-state index contributed by atoms with van der Waals surface area (Å²) in [5, 5.41) is 12.8. The minimum absolute atomic E-state index is 0.0586. The summed E-state index contributed by atoms with van der Waals surface area (Å²) < 4.78 is 5.75. The number of allylic oxidation sites excluding steroid dienone is 4. The maximum absolute atomic E-state index is 12.7. The van der Waals surface area contributed by atoms with Crippen molar-refractivity contribution in [3.8, 4) is 6.07 Å². The van der Waals surface area contributed by atoms with Crippen molar-refractivity contribution in [2.45, 2.75) is 46.5 Å². The van der Waals surface area contributed by atoms with Crippen LogP contribution in [0.4, 0.5) is 0 Å². The van der Waals surface area contributed by atoms with E-state index in [9.17, 15) is 10.1 Å². The minimum Gasteiger partial charge on any atom is -0.465 e. The molecule has 0 fully saturated rings. The molecule has 2 heterocycles. The van der Waals surface area contributed by atoms with Crippen molar-refractivity contribution >= 4 is 5.78 Å². The highest BCUT2D eigenvalue weighted by Crippen LogP contribution is 2.46. The zero-order chi connectivity index (χ0) is 16.1. The molecule has 1 aliphatic carbocycles. The Balaban J connectivity index is 2.17. The van der Waals surface area contributed by atoms with E-state index in [-0.39, 0.29) is 17.1 Å². The molecular formula is C18H20N2O2. The van der Waals surface area contributed by atoms with Crippen molar-refractivity contribution in [3.05, 3.63) is 46.2 Å². The summed E-state index contributed by atoms with van der Waals surface area (Å²) >= 11 is 0. The van der Waals surface area contributed by atoms with Gasteiger partial charge in [0.05, 0.1) is 17.6 Å². The fourth-order valence-corrected chi connectivity index (χ4v) is 3.48. The number of carbonyl (C=O) groups excluding carboxylic acids is 1. The van der Waals surface area contributed by atoms with Crippen LogP contribution < -0.4 is 5.32 Å². The molecule has 1 aromatic heterocycles. The number of nitrogens with one attached hydrogen (secondary N) is 1. The van der Waals surface area contributed by atoms with Gasteiger partial charge in [-0.25, -0.2) is 0 Å². The third-order valence-corrected chi connectivity index (χ3v) is 4.41. The lowest BCUT2D eigenvalue weighted by Gasteiger charge is -2.38. The Bertz CT molecular complexity index is 756. The van der Waals surface area contributed by atoms with E-state index < -0.39 is 0 Å². The molecule has 0 saturated carbocycles. The Hall–Kier alpha value is -2.28. The summed E-state index contributed by atoms with van der Waals surface area (Å²) in [4.78, 5) is 12.7. The van der Waals surface area contributed by atoms with E-state index in [2.05, 4.69) is 25.2 Å². The highest BCUT2D eigenvalue weighted by molar-refractivity contribution is 6.00. The van der Waals surface area contributed by atoms with Crippen LogP contribution in [0.5, 0.6) is 0 Å². The number of hydrogen-bond donors (Lipinski definition) is 1. The zero-order valence-electron chi connectivity index (χ0n) is 13.4. The van der Waals surface area contributed by atoms with Gasteiger partial charge in [-0.15, -0.1) is 0 Å². The Morgan fingerprint density at radius 1 is 1.32 bits per heavy atom. The minimum atomic E-state index is -0.376. The molecule has 114 valence electrons. The van der Waals surface area contributed by atoms with E-state index in [1.807, 2.05) is 26.0 Å². The maximum atomic E-state index is 12.7. The van der Waals surface area contributed by atoms with Gasteiger partial charge in [0.2, 0.25) is 0 Å². The van der Waals surface area contributed by atoms with Gasteiger partial charge in [-0.2, -0.15) is 5.26 Å². The third-order valence-electron chi connectivity index (χ3n) is 4.41. The van der Waals surface area contributed by atoms with Crippen LogP contribution >= 0.6 is 0 Å². The second-order valence-corrected chi connectivity index (χ2v) is 6.99. The molecule has 1 aliphatic heterocycles. The first-order valence-corrected chi connectivity index (χ1v) is 7.53. The molecule has 0 saturated heterocycles. The van der Waals surface area contributed by atoms with Crippen molar-refractivity contribution in [1.82, 2.24) is 5.32 Å². The van der Waals surface area contributed by atoms with Crippen molar-refractivity contribution in [3.63, 3.8) is 0 Å². The Kier molecular flexibility index (Phi) is 3.25. The third kappa shape index (κ3) is 2.27. The predicted molar refractivity (Wildman–Crippen MR) is 82.7 cm³/mol. The Morgan fingerprint density at radius 3 is 2.64 bits per heavy atom. The van der Waals surface area contributed by atoms with E-state index >= 15 is 0 Å². The number of aryl methyl sites for hydroxylation is 1. The fourth-order valence-electron chi connectivity index (χ4n) is 3.48. The molecule has 1 aromatic rings. The molecule has 1 atom stereocenters. The van der Waals surface area contributed by atoms with Gasteiger partial charge in [0.15, 0.2) is 5.78 Å². The van der Waals surface area contributed by atoms with Gasteiger partial charge in [0.25, 0.3) is 0 Å². The number of rotatable bonds is 1. The summed E-state index contributed by atoms with van der Waals surface area (Å²) in [5.74, 6) is 1.20. The summed E-state index contributed by atoms with van der Waals surface area (Å²) in [6.07, 6.45) is 1.31. The Labute approximate surface area is 130 Å². The van der Waals surface area contributed by atoms with Crippen LogP contribution in [-0.2, 0) is 4.79 Å². The molecule has 0 aromatic carbocycles. The largest absolute Gasteiger partial charge is 0.465 e. The highest BCUT2D eigenvalue weighted by atomic mass is 16.3. The van der Waals surface area contributed by atoms with Gasteiger partial charge in [0, 0.05) is 23.4 Å². The number of carbonyl (C=O) groups is 1. The normalized spacial score (nSPS) is 24.0. The molecule has 0 amide bonds. The summed E-state index contributed by atoms with van der Waals surface area (Å²) in [5.41, 5.74) is 2.97. The average molecular weight is 296 g/mol. The zero-order valence-corrected chi connectivity index (χ0v) is 13.4. The van der Waals surface area contributed by atoms with Crippen LogP contribution in [0.1, 0.15) is 51.1 Å². The van der Waals surface area contributed by atoms with Crippen LogP contribution in [-0.4, -0.2) is 5.78 Å². The quantitative estimate of drug-likeness (QED) is 0.857. The summed E-state index contributed by atoms with van der Waals surface area (Å²) in [6, 6.07) is 6.00. The first-order chi connectivity index (χ1) is 10.3. The first kappa shape index (κ1) is 14.6. The number of hydrogen-bond acceptors (Lipinski definition) is 4. The topological polar surface area (TPSA) is 66.0 Å². The highest BCUT2D eigenvalue weighted by Gasteiger charge is 2.42. The number of ketones is 1. The lowest BCUT2D eigenvalue weighted by atomic mass is 9.70. The lowest BCUT2D eigenvalue weighted by Crippen LogP contribution is -2.36. The second-order valence-electron chi connectivity index (χ2n) is 6.99. The molecule has 0 unspecified atom stereocenters. The SMILES string of the molecule is CC1=C(C#N)[C@H](c2ccc(C)o2)C2=C(CC(C)(C)CC2=O)N1. The maximum Gasteiger partial charge on any atom is 0.162 e. The van der Waals surface area contributed by atoms with E-state index in [0.717, 1.165) is 23.6 Å². The van der Waals surface area contributed by atoms with Crippen molar-refractivity contribution in [2.75, 3.05) is 0 Å². The van der Waals surface area contributed by atoms with Crippen LogP contribution in [0.3, 0.4) is 0 Å². The number of Topliss-reactive ketones (excluding diaryl/α,β-unsaturated/α-hetero) is 1. The number of dihydropyridines is 1.